The molecule has 160 valence electrons. The molecule has 0 aliphatic carbocycles. The smallest absolute Gasteiger partial charge is 0.416 e. The van der Waals surface area contributed by atoms with Gasteiger partial charge in [-0.3, -0.25) is 9.69 Å². The minimum absolute atomic E-state index is 0.0613. The Hall–Kier alpha value is -2.81. The number of alkyl halides is 3. The Balaban J connectivity index is 1.37. The van der Waals surface area contributed by atoms with Crippen molar-refractivity contribution in [3.8, 4) is 0 Å². The highest BCUT2D eigenvalue weighted by Crippen LogP contribution is 2.33. The van der Waals surface area contributed by atoms with Crippen molar-refractivity contribution in [2.75, 3.05) is 19.6 Å². The number of halogens is 3. The van der Waals surface area contributed by atoms with Gasteiger partial charge >= 0.3 is 6.18 Å². The molecule has 2 aromatic heterocycles. The summed E-state index contributed by atoms with van der Waals surface area (Å²) in [5.41, 5.74) is 0.396. The molecular weight excluding hydrogens is 397 g/mol. The van der Waals surface area contributed by atoms with Gasteiger partial charge in [0, 0.05) is 19.1 Å². The van der Waals surface area contributed by atoms with Gasteiger partial charge in [-0.2, -0.15) is 13.2 Å². The van der Waals surface area contributed by atoms with Crippen LogP contribution in [0.2, 0.25) is 0 Å². The predicted molar refractivity (Wildman–Crippen MR) is 105 cm³/mol. The Bertz CT molecular complexity index is 1020. The van der Waals surface area contributed by atoms with E-state index in [1.165, 1.54) is 6.07 Å². The van der Waals surface area contributed by atoms with Crippen molar-refractivity contribution in [3.05, 3.63) is 53.7 Å². The zero-order valence-corrected chi connectivity index (χ0v) is 16.6. The fourth-order valence-corrected chi connectivity index (χ4v) is 4.05. The van der Waals surface area contributed by atoms with Gasteiger partial charge < -0.3 is 14.3 Å². The largest absolute Gasteiger partial charge is 0.467 e. The summed E-state index contributed by atoms with van der Waals surface area (Å²) in [5, 5.41) is 2.84. The molecule has 30 heavy (non-hydrogen) atoms. The molecule has 1 N–H and O–H groups in total. The first kappa shape index (κ1) is 20.5. The van der Waals surface area contributed by atoms with Crippen LogP contribution < -0.4 is 5.32 Å². The summed E-state index contributed by atoms with van der Waals surface area (Å²) in [7, 11) is 0. The summed E-state index contributed by atoms with van der Waals surface area (Å²) in [5.74, 6) is 1.35. The number of carbonyl (C=O) groups is 1. The van der Waals surface area contributed by atoms with Crippen molar-refractivity contribution < 1.29 is 22.4 Å². The molecule has 6 nitrogen and oxygen atoms in total. The van der Waals surface area contributed by atoms with Gasteiger partial charge in [-0.25, -0.2) is 4.98 Å². The van der Waals surface area contributed by atoms with Crippen molar-refractivity contribution in [1.29, 1.82) is 0 Å². The van der Waals surface area contributed by atoms with Gasteiger partial charge in [-0.15, -0.1) is 0 Å². The van der Waals surface area contributed by atoms with E-state index in [4.69, 9.17) is 4.42 Å². The Morgan fingerprint density at radius 1 is 1.27 bits per heavy atom. The number of nitrogens with zero attached hydrogens (tertiary/aromatic N) is 3. The number of nitrogens with one attached hydrogen (secondary N) is 1. The van der Waals surface area contributed by atoms with Gasteiger partial charge in [0.25, 0.3) is 0 Å². The molecule has 0 unspecified atom stereocenters. The first-order valence-electron chi connectivity index (χ1n) is 9.88. The van der Waals surface area contributed by atoms with E-state index in [1.54, 1.807) is 18.4 Å². The zero-order chi connectivity index (χ0) is 21.3. The van der Waals surface area contributed by atoms with Gasteiger partial charge in [0.1, 0.15) is 11.6 Å². The third-order valence-electron chi connectivity index (χ3n) is 5.52. The number of aromatic nitrogens is 2. The van der Waals surface area contributed by atoms with Crippen molar-refractivity contribution in [3.63, 3.8) is 0 Å². The van der Waals surface area contributed by atoms with Gasteiger partial charge in [0.2, 0.25) is 5.91 Å². The Morgan fingerprint density at radius 2 is 2.03 bits per heavy atom. The zero-order valence-electron chi connectivity index (χ0n) is 16.6. The van der Waals surface area contributed by atoms with Crippen LogP contribution in [0.25, 0.3) is 11.0 Å². The Morgan fingerprint density at radius 3 is 2.70 bits per heavy atom. The quantitative estimate of drug-likeness (QED) is 0.680. The monoisotopic (exact) mass is 420 g/mol. The summed E-state index contributed by atoms with van der Waals surface area (Å²) >= 11 is 0. The van der Waals surface area contributed by atoms with E-state index in [2.05, 4.69) is 15.2 Å². The molecule has 3 heterocycles. The molecule has 1 aliphatic rings. The van der Waals surface area contributed by atoms with E-state index in [-0.39, 0.29) is 11.9 Å². The molecule has 4 rings (SSSR count). The molecule has 1 aliphatic heterocycles. The lowest BCUT2D eigenvalue weighted by molar-refractivity contribution is -0.137. The number of aryl methyl sites for hydroxylation is 1. The first-order chi connectivity index (χ1) is 14.3. The van der Waals surface area contributed by atoms with Crippen LogP contribution in [0.4, 0.5) is 13.2 Å². The molecule has 9 heteroatoms. The van der Waals surface area contributed by atoms with Crippen LogP contribution in [-0.4, -0.2) is 40.0 Å². The predicted octanol–water partition coefficient (Wildman–Crippen LogP) is 3.91. The van der Waals surface area contributed by atoms with Crippen LogP contribution in [0, 0.1) is 6.92 Å². The topological polar surface area (TPSA) is 63.3 Å². The number of rotatable bonds is 5. The van der Waals surface area contributed by atoms with Crippen LogP contribution in [-0.2, 0) is 17.5 Å². The minimum atomic E-state index is -4.38. The lowest BCUT2D eigenvalue weighted by Gasteiger charge is -2.33. The third-order valence-corrected chi connectivity index (χ3v) is 5.52. The highest BCUT2D eigenvalue weighted by molar-refractivity contribution is 5.78. The van der Waals surface area contributed by atoms with Crippen molar-refractivity contribution in [1.82, 2.24) is 19.8 Å². The Kier molecular flexibility index (Phi) is 5.55. The molecule has 0 spiro atoms. The summed E-state index contributed by atoms with van der Waals surface area (Å²) < 4.78 is 46.2. The highest BCUT2D eigenvalue weighted by Gasteiger charge is 2.31. The minimum Gasteiger partial charge on any atom is -0.467 e. The maximum atomic E-state index is 13.0. The number of amides is 1. The summed E-state index contributed by atoms with van der Waals surface area (Å²) in [6.07, 6.45) is -1.20. The Labute approximate surface area is 171 Å². The first-order valence-corrected chi connectivity index (χ1v) is 9.88. The summed E-state index contributed by atoms with van der Waals surface area (Å²) in [6.45, 7) is 3.97. The van der Waals surface area contributed by atoms with E-state index in [1.807, 2.05) is 11.5 Å². The number of furan rings is 1. The van der Waals surface area contributed by atoms with Gasteiger partial charge in [0.05, 0.1) is 35.9 Å². The normalized spacial score (nSPS) is 16.3. The molecule has 0 radical (unpaired) electrons. The number of fused-ring (bicyclic) bond motifs is 1. The van der Waals surface area contributed by atoms with Crippen LogP contribution in [0.3, 0.4) is 0 Å². The molecule has 1 amide bonds. The maximum Gasteiger partial charge on any atom is 0.416 e. The number of likely N-dealkylation sites (tertiary alicyclic amines) is 1. The van der Waals surface area contributed by atoms with Crippen molar-refractivity contribution in [2.45, 2.75) is 38.5 Å². The third kappa shape index (κ3) is 4.35. The highest BCUT2D eigenvalue weighted by atomic mass is 19.4. The van der Waals surface area contributed by atoms with E-state index in [0.717, 1.165) is 43.6 Å². The van der Waals surface area contributed by atoms with E-state index in [9.17, 15) is 18.0 Å². The summed E-state index contributed by atoms with van der Waals surface area (Å²) in [6, 6.07) is 7.45. The average molecular weight is 420 g/mol. The molecule has 0 atom stereocenters. The fourth-order valence-electron chi connectivity index (χ4n) is 4.05. The second-order valence-electron chi connectivity index (χ2n) is 7.59. The second-order valence-corrected chi connectivity index (χ2v) is 7.59. The van der Waals surface area contributed by atoms with E-state index in [0.29, 0.717) is 30.2 Å². The van der Waals surface area contributed by atoms with Gasteiger partial charge in [-0.1, -0.05) is 0 Å². The van der Waals surface area contributed by atoms with E-state index < -0.39 is 11.7 Å². The number of piperidine rings is 1. The van der Waals surface area contributed by atoms with Crippen molar-refractivity contribution in [2.24, 2.45) is 0 Å². The average Bonchev–Trinajstić information content (AvgIpc) is 3.32. The number of imidazole rings is 1. The number of hydrogen-bond acceptors (Lipinski definition) is 4. The number of carbonyl (C=O) groups excluding carboxylic acids is 1. The van der Waals surface area contributed by atoms with Crippen LogP contribution in [0.15, 0.2) is 41.0 Å². The second kappa shape index (κ2) is 8.14. The standard InChI is InChI=1S/C21H23F3N4O2/c1-14-26-18-11-15(21(22,23)24)4-5-19(18)28(14)16-6-8-27(9-7-16)13-20(29)25-12-17-3-2-10-30-17/h2-5,10-11,16H,6-9,12-13H2,1H3,(H,25,29). The molecular formula is C21H23F3N4O2. The van der Waals surface area contributed by atoms with Gasteiger partial charge in [-0.05, 0) is 50.1 Å². The molecule has 1 fully saturated rings. The van der Waals surface area contributed by atoms with Gasteiger partial charge in [0.15, 0.2) is 0 Å². The van der Waals surface area contributed by atoms with Crippen LogP contribution in [0.5, 0.6) is 0 Å². The summed E-state index contributed by atoms with van der Waals surface area (Å²) in [4.78, 5) is 18.6. The number of benzene rings is 1. The lowest BCUT2D eigenvalue weighted by atomic mass is 10.0. The lowest BCUT2D eigenvalue weighted by Crippen LogP contribution is -2.41. The van der Waals surface area contributed by atoms with Crippen LogP contribution >= 0.6 is 0 Å². The maximum absolute atomic E-state index is 13.0. The van der Waals surface area contributed by atoms with E-state index >= 15 is 0 Å². The van der Waals surface area contributed by atoms with Crippen LogP contribution in [0.1, 0.15) is 36.0 Å². The molecule has 0 saturated carbocycles. The molecule has 0 bridgehead atoms. The fraction of sp³-hybridized carbons (Fsp3) is 0.429. The SMILES string of the molecule is Cc1nc2cc(C(F)(F)F)ccc2n1C1CCN(CC(=O)NCc2ccco2)CC1. The molecule has 3 aromatic rings. The van der Waals surface area contributed by atoms with Crippen molar-refractivity contribution >= 4 is 16.9 Å². The number of hydrogen-bond donors (Lipinski definition) is 1. The molecule has 1 aromatic carbocycles. The molecule has 1 saturated heterocycles.